The van der Waals surface area contributed by atoms with Gasteiger partial charge in [0, 0.05) is 22.9 Å². The van der Waals surface area contributed by atoms with Gasteiger partial charge < -0.3 is 5.32 Å². The highest BCUT2D eigenvalue weighted by Crippen LogP contribution is 2.23. The highest BCUT2D eigenvalue weighted by Gasteiger charge is 2.28. The van der Waals surface area contributed by atoms with E-state index in [1.54, 1.807) is 0 Å². The molecule has 1 saturated heterocycles. The molecule has 1 heterocycles. The Morgan fingerprint density at radius 1 is 1.53 bits per heavy atom. The zero-order valence-corrected chi connectivity index (χ0v) is 11.0. The number of nitrogens with zero attached hydrogens (tertiary/aromatic N) is 1. The number of amides is 1. The zero-order chi connectivity index (χ0) is 14.0. The summed E-state index contributed by atoms with van der Waals surface area (Å²) in [5.74, 6) is 0.250. The van der Waals surface area contributed by atoms with Crippen molar-refractivity contribution in [3.63, 3.8) is 0 Å². The Morgan fingerprint density at radius 3 is 2.84 bits per heavy atom. The smallest absolute Gasteiger partial charge is 0.273 e. The quantitative estimate of drug-likeness (QED) is 0.672. The molecule has 2 rings (SSSR count). The molecule has 0 saturated carbocycles. The van der Waals surface area contributed by atoms with E-state index >= 15 is 0 Å². The summed E-state index contributed by atoms with van der Waals surface area (Å²) in [5.41, 5.74) is 0.446. The molecule has 19 heavy (non-hydrogen) atoms. The van der Waals surface area contributed by atoms with Gasteiger partial charge >= 0.3 is 0 Å². The predicted octanol–water partition coefficient (Wildman–Crippen LogP) is 1.67. The van der Waals surface area contributed by atoms with Crippen LogP contribution in [0.1, 0.15) is 22.3 Å². The predicted molar refractivity (Wildman–Crippen MR) is 71.2 cm³/mol. The molecule has 1 N–H and O–H groups in total. The van der Waals surface area contributed by atoms with Crippen molar-refractivity contribution in [2.45, 2.75) is 19.4 Å². The lowest BCUT2D eigenvalue weighted by Gasteiger charge is -2.11. The number of benzene rings is 1. The van der Waals surface area contributed by atoms with Crippen LogP contribution >= 0.6 is 11.8 Å². The van der Waals surface area contributed by atoms with Crippen LogP contribution in [0.15, 0.2) is 18.2 Å². The summed E-state index contributed by atoms with van der Waals surface area (Å²) >= 11 is 1.19. The van der Waals surface area contributed by atoms with Crippen LogP contribution in [0.2, 0.25) is 0 Å². The van der Waals surface area contributed by atoms with Gasteiger partial charge in [0.05, 0.1) is 11.0 Å². The van der Waals surface area contributed by atoms with Crippen molar-refractivity contribution in [2.24, 2.45) is 0 Å². The number of rotatable bonds is 3. The Balaban J connectivity index is 2.22. The SMILES string of the molecule is Cc1c(C(=O)NC2CCSC2=O)cccc1[N+](=O)[O-]. The first-order chi connectivity index (χ1) is 9.00. The van der Waals surface area contributed by atoms with Gasteiger partial charge in [-0.3, -0.25) is 19.7 Å². The van der Waals surface area contributed by atoms with Crippen molar-refractivity contribution < 1.29 is 14.5 Å². The highest BCUT2D eigenvalue weighted by atomic mass is 32.2. The summed E-state index contributed by atoms with van der Waals surface area (Å²) in [6, 6.07) is 3.84. The molecular weight excluding hydrogens is 268 g/mol. The largest absolute Gasteiger partial charge is 0.341 e. The summed E-state index contributed by atoms with van der Waals surface area (Å²) in [6.07, 6.45) is 0.600. The minimum absolute atomic E-state index is 0.0589. The number of nitrogens with one attached hydrogen (secondary N) is 1. The van der Waals surface area contributed by atoms with Crippen LogP contribution in [-0.2, 0) is 4.79 Å². The van der Waals surface area contributed by atoms with E-state index < -0.39 is 16.9 Å². The molecule has 1 aliphatic heterocycles. The molecule has 0 radical (unpaired) electrons. The molecule has 1 aromatic carbocycles. The molecule has 1 atom stereocenters. The second-order valence-corrected chi connectivity index (χ2v) is 5.29. The molecule has 0 bridgehead atoms. The van der Waals surface area contributed by atoms with Crippen molar-refractivity contribution in [3.05, 3.63) is 39.4 Å². The van der Waals surface area contributed by atoms with Crippen LogP contribution in [0.5, 0.6) is 0 Å². The van der Waals surface area contributed by atoms with Gasteiger partial charge in [-0.25, -0.2) is 0 Å². The van der Waals surface area contributed by atoms with Gasteiger partial charge in [-0.2, -0.15) is 0 Å². The minimum atomic E-state index is -0.525. The normalized spacial score (nSPS) is 18.4. The second-order valence-electron chi connectivity index (χ2n) is 4.19. The Morgan fingerprint density at radius 2 is 2.26 bits per heavy atom. The lowest BCUT2D eigenvalue weighted by atomic mass is 10.1. The molecule has 1 fully saturated rings. The first kappa shape index (κ1) is 13.5. The van der Waals surface area contributed by atoms with Crippen LogP contribution in [0.25, 0.3) is 0 Å². The number of carbonyl (C=O) groups excluding carboxylic acids is 2. The third-order valence-corrected chi connectivity index (χ3v) is 4.00. The van der Waals surface area contributed by atoms with Crippen molar-refractivity contribution >= 4 is 28.5 Å². The molecule has 7 heteroatoms. The van der Waals surface area contributed by atoms with Gasteiger partial charge in [0.15, 0.2) is 0 Å². The molecule has 0 aliphatic carbocycles. The molecule has 0 spiro atoms. The van der Waals surface area contributed by atoms with Crippen LogP contribution in [0.3, 0.4) is 0 Å². The third-order valence-electron chi connectivity index (χ3n) is 2.99. The monoisotopic (exact) mass is 280 g/mol. The lowest BCUT2D eigenvalue weighted by molar-refractivity contribution is -0.385. The Kier molecular flexibility index (Phi) is 3.84. The van der Waals surface area contributed by atoms with Crippen molar-refractivity contribution in [2.75, 3.05) is 5.75 Å². The van der Waals surface area contributed by atoms with Gasteiger partial charge in [0.25, 0.3) is 11.6 Å². The summed E-state index contributed by atoms with van der Waals surface area (Å²) in [7, 11) is 0. The van der Waals surface area contributed by atoms with Crippen LogP contribution in [0.4, 0.5) is 5.69 Å². The number of hydrogen-bond acceptors (Lipinski definition) is 5. The van der Waals surface area contributed by atoms with Crippen molar-refractivity contribution in [3.8, 4) is 0 Å². The average molecular weight is 280 g/mol. The van der Waals surface area contributed by atoms with Gasteiger partial charge in [-0.1, -0.05) is 17.8 Å². The first-order valence-electron chi connectivity index (χ1n) is 5.72. The van der Waals surface area contributed by atoms with E-state index in [2.05, 4.69) is 5.32 Å². The molecule has 1 amide bonds. The lowest BCUT2D eigenvalue weighted by Crippen LogP contribution is -2.37. The third kappa shape index (κ3) is 2.76. The van der Waals surface area contributed by atoms with E-state index in [1.807, 2.05) is 0 Å². The van der Waals surface area contributed by atoms with E-state index in [-0.39, 0.29) is 16.4 Å². The first-order valence-corrected chi connectivity index (χ1v) is 6.71. The molecular formula is C12H12N2O4S. The minimum Gasteiger partial charge on any atom is -0.341 e. The summed E-state index contributed by atoms with van der Waals surface area (Å²) in [4.78, 5) is 33.8. The van der Waals surface area contributed by atoms with Crippen molar-refractivity contribution in [1.29, 1.82) is 0 Å². The fraction of sp³-hybridized carbons (Fsp3) is 0.333. The van der Waals surface area contributed by atoms with Gasteiger partial charge in [0.2, 0.25) is 5.12 Å². The van der Waals surface area contributed by atoms with E-state index in [9.17, 15) is 19.7 Å². The second kappa shape index (κ2) is 5.40. The molecule has 1 aromatic rings. The number of carbonyl (C=O) groups is 2. The Bertz CT molecular complexity index is 559. The number of hydrogen-bond donors (Lipinski definition) is 1. The van der Waals surface area contributed by atoms with Crippen molar-refractivity contribution in [1.82, 2.24) is 5.32 Å². The Labute approximate surface area is 113 Å². The van der Waals surface area contributed by atoms with Crippen LogP contribution < -0.4 is 5.32 Å². The standard InChI is InChI=1S/C12H12N2O4S/c1-7-8(3-2-4-10(7)14(17)18)11(15)13-9-5-6-19-12(9)16/h2-4,9H,5-6H2,1H3,(H,13,15). The molecule has 100 valence electrons. The van der Waals surface area contributed by atoms with Gasteiger partial charge in [-0.05, 0) is 19.4 Å². The van der Waals surface area contributed by atoms with E-state index in [4.69, 9.17) is 0 Å². The molecule has 0 aromatic heterocycles. The van der Waals surface area contributed by atoms with E-state index in [1.165, 1.54) is 36.9 Å². The maximum absolute atomic E-state index is 12.0. The molecule has 1 aliphatic rings. The summed E-state index contributed by atoms with van der Waals surface area (Å²) in [5, 5.41) is 13.4. The fourth-order valence-electron chi connectivity index (χ4n) is 1.93. The van der Waals surface area contributed by atoms with E-state index in [0.29, 0.717) is 17.7 Å². The van der Waals surface area contributed by atoms with E-state index in [0.717, 1.165) is 0 Å². The number of nitro groups is 1. The zero-order valence-electron chi connectivity index (χ0n) is 10.2. The van der Waals surface area contributed by atoms with Gasteiger partial charge in [0.1, 0.15) is 0 Å². The maximum Gasteiger partial charge on any atom is 0.273 e. The van der Waals surface area contributed by atoms with Crippen LogP contribution in [0, 0.1) is 17.0 Å². The average Bonchev–Trinajstić information content (AvgIpc) is 2.74. The maximum atomic E-state index is 12.0. The topological polar surface area (TPSA) is 89.3 Å². The fourth-order valence-corrected chi connectivity index (χ4v) is 2.86. The highest BCUT2D eigenvalue weighted by molar-refractivity contribution is 8.14. The number of nitro benzene ring substituents is 1. The summed E-state index contributed by atoms with van der Waals surface area (Å²) in [6.45, 7) is 1.53. The number of thioether (sulfide) groups is 1. The van der Waals surface area contributed by atoms with Crippen LogP contribution in [-0.4, -0.2) is 27.7 Å². The molecule has 6 nitrogen and oxygen atoms in total. The van der Waals surface area contributed by atoms with Gasteiger partial charge in [-0.15, -0.1) is 0 Å². The summed E-state index contributed by atoms with van der Waals surface area (Å²) < 4.78 is 0. The Hall–Kier alpha value is -1.89. The molecule has 1 unspecified atom stereocenters.